The van der Waals surface area contributed by atoms with Gasteiger partial charge in [0.25, 0.3) is 5.91 Å². The molecule has 0 saturated carbocycles. The van der Waals surface area contributed by atoms with Gasteiger partial charge in [0.1, 0.15) is 12.1 Å². The predicted molar refractivity (Wildman–Crippen MR) is 132 cm³/mol. The molecule has 2 aromatic rings. The molecular weight excluding hydrogens is 478 g/mol. The van der Waals surface area contributed by atoms with Gasteiger partial charge in [-0.2, -0.15) is 4.72 Å². The fraction of sp³-hybridized carbons (Fsp3) is 0.417. The Hall–Kier alpha value is -2.46. The van der Waals surface area contributed by atoms with E-state index in [1.165, 1.54) is 12.1 Å². The molecule has 0 radical (unpaired) electrons. The van der Waals surface area contributed by atoms with Crippen LogP contribution >= 0.6 is 11.6 Å². The average Bonchev–Trinajstić information content (AvgIpc) is 2.81. The number of carbonyl (C=O) groups is 2. The van der Waals surface area contributed by atoms with Crippen LogP contribution in [0, 0.1) is 11.8 Å². The van der Waals surface area contributed by atoms with Crippen LogP contribution in [0.3, 0.4) is 0 Å². The molecule has 10 heteroatoms. The summed E-state index contributed by atoms with van der Waals surface area (Å²) < 4.78 is 28.6. The van der Waals surface area contributed by atoms with Crippen molar-refractivity contribution in [2.24, 2.45) is 11.8 Å². The number of rotatable bonds is 11. The third-order valence-electron chi connectivity index (χ3n) is 5.57. The Balaban J connectivity index is 2.24. The van der Waals surface area contributed by atoms with Gasteiger partial charge in [-0.25, -0.2) is 13.9 Å². The molecule has 2 amide bonds. The lowest BCUT2D eigenvalue weighted by Crippen LogP contribution is -2.55. The van der Waals surface area contributed by atoms with Crippen molar-refractivity contribution in [3.8, 4) is 11.1 Å². The van der Waals surface area contributed by atoms with Gasteiger partial charge < -0.3 is 5.32 Å². The number of benzene rings is 2. The van der Waals surface area contributed by atoms with Crippen LogP contribution in [-0.4, -0.2) is 37.5 Å². The van der Waals surface area contributed by atoms with Crippen LogP contribution < -0.4 is 15.5 Å². The molecule has 0 bridgehead atoms. The smallest absolute Gasteiger partial charge is 0.266 e. The van der Waals surface area contributed by atoms with Crippen LogP contribution in [0.4, 0.5) is 0 Å². The first-order valence-corrected chi connectivity index (χ1v) is 13.0. The Kier molecular flexibility index (Phi) is 10.1. The van der Waals surface area contributed by atoms with E-state index in [1.54, 1.807) is 36.7 Å². The highest BCUT2D eigenvalue weighted by Gasteiger charge is 2.31. The van der Waals surface area contributed by atoms with E-state index in [1.807, 2.05) is 32.9 Å². The molecule has 0 saturated heterocycles. The minimum absolute atomic E-state index is 0.000511. The van der Waals surface area contributed by atoms with Gasteiger partial charge in [0.2, 0.25) is 15.9 Å². The molecule has 4 N–H and O–H groups in total. The van der Waals surface area contributed by atoms with E-state index < -0.39 is 33.9 Å². The predicted octanol–water partition coefficient (Wildman–Crippen LogP) is 3.74. The van der Waals surface area contributed by atoms with E-state index in [9.17, 15) is 18.0 Å². The van der Waals surface area contributed by atoms with Gasteiger partial charge >= 0.3 is 0 Å². The van der Waals surface area contributed by atoms with Crippen LogP contribution in [-0.2, 0) is 19.6 Å². The highest BCUT2D eigenvalue weighted by atomic mass is 35.5. The highest BCUT2D eigenvalue weighted by molar-refractivity contribution is 7.89. The maximum atomic E-state index is 13.1. The minimum atomic E-state index is -4.03. The summed E-state index contributed by atoms with van der Waals surface area (Å²) in [5.41, 5.74) is 3.27. The molecule has 0 aliphatic carbocycles. The number of hydrogen-bond donors (Lipinski definition) is 4. The minimum Gasteiger partial charge on any atom is -0.343 e. The zero-order valence-corrected chi connectivity index (χ0v) is 21.3. The average molecular weight is 510 g/mol. The van der Waals surface area contributed by atoms with Crippen molar-refractivity contribution in [1.82, 2.24) is 15.5 Å². The normalized spacial score (nSPS) is 14.3. The third-order valence-corrected chi connectivity index (χ3v) is 7.31. The molecule has 8 nitrogen and oxygen atoms in total. The van der Waals surface area contributed by atoms with Crippen molar-refractivity contribution in [2.75, 3.05) is 0 Å². The SMILES string of the molecule is CC[C@H](C)[C@H](NC(=O)[C@H](CC(C)C)NS(=O)(=O)c1ccc(-c2ccc(Cl)cc2)cc1)C(=O)NO. The van der Waals surface area contributed by atoms with Crippen molar-refractivity contribution in [1.29, 1.82) is 0 Å². The van der Waals surface area contributed by atoms with Crippen molar-refractivity contribution < 1.29 is 23.2 Å². The molecule has 0 unspecified atom stereocenters. The van der Waals surface area contributed by atoms with Gasteiger partial charge in [0.15, 0.2) is 0 Å². The molecule has 186 valence electrons. The second kappa shape index (κ2) is 12.3. The summed E-state index contributed by atoms with van der Waals surface area (Å²) in [5.74, 6) is -1.66. The van der Waals surface area contributed by atoms with Gasteiger partial charge in [0, 0.05) is 5.02 Å². The standard InChI is InChI=1S/C24H32ClN3O5S/c1-5-16(4)22(24(30)27-31)26-23(29)21(14-15(2)3)28-34(32,33)20-12-8-18(9-13-20)17-6-10-19(25)11-7-17/h6-13,15-16,21-22,28,31H,5,14H2,1-4H3,(H,26,29)(H,27,30)/t16-,21-,22-/m0/s1. The van der Waals surface area contributed by atoms with Crippen LogP contribution in [0.1, 0.15) is 40.5 Å². The van der Waals surface area contributed by atoms with Gasteiger partial charge in [-0.1, -0.05) is 70.0 Å². The summed E-state index contributed by atoms with van der Waals surface area (Å²) in [6.07, 6.45) is 0.792. The Labute approximate surface area is 206 Å². The van der Waals surface area contributed by atoms with Crippen molar-refractivity contribution in [3.05, 3.63) is 53.6 Å². The van der Waals surface area contributed by atoms with E-state index in [4.69, 9.17) is 16.8 Å². The number of nitrogens with one attached hydrogen (secondary N) is 3. The number of carbonyl (C=O) groups excluding carboxylic acids is 2. The monoisotopic (exact) mass is 509 g/mol. The summed E-state index contributed by atoms with van der Waals surface area (Å²) in [6.45, 7) is 7.32. The second-order valence-electron chi connectivity index (χ2n) is 8.68. The molecule has 0 aromatic heterocycles. The zero-order valence-electron chi connectivity index (χ0n) is 19.7. The van der Waals surface area contributed by atoms with Crippen LogP contribution in [0.5, 0.6) is 0 Å². The van der Waals surface area contributed by atoms with Gasteiger partial charge in [-0.15, -0.1) is 0 Å². The number of sulfonamides is 1. The quantitative estimate of drug-likeness (QED) is 0.271. The first-order valence-electron chi connectivity index (χ1n) is 11.1. The van der Waals surface area contributed by atoms with Crippen molar-refractivity contribution in [2.45, 2.75) is 57.5 Å². The Morgan fingerprint density at radius 3 is 1.94 bits per heavy atom. The third kappa shape index (κ3) is 7.53. The second-order valence-corrected chi connectivity index (χ2v) is 10.8. The fourth-order valence-corrected chi connectivity index (χ4v) is 4.76. The Bertz CT molecular complexity index is 1070. The van der Waals surface area contributed by atoms with E-state index in [0.717, 1.165) is 11.1 Å². The lowest BCUT2D eigenvalue weighted by Gasteiger charge is -2.26. The van der Waals surface area contributed by atoms with E-state index >= 15 is 0 Å². The van der Waals surface area contributed by atoms with Crippen molar-refractivity contribution >= 4 is 33.4 Å². The van der Waals surface area contributed by atoms with Gasteiger partial charge in [0.05, 0.1) is 4.90 Å². The number of hydrogen-bond acceptors (Lipinski definition) is 5. The number of halogens is 1. The molecule has 0 aliphatic heterocycles. The van der Waals surface area contributed by atoms with Gasteiger partial charge in [-0.05, 0) is 53.6 Å². The van der Waals surface area contributed by atoms with Crippen LogP contribution in [0.2, 0.25) is 5.02 Å². The summed E-state index contributed by atoms with van der Waals surface area (Å²) >= 11 is 5.92. The van der Waals surface area contributed by atoms with Crippen LogP contribution in [0.25, 0.3) is 11.1 Å². The first-order chi connectivity index (χ1) is 16.0. The Morgan fingerprint density at radius 1 is 0.941 bits per heavy atom. The lowest BCUT2D eigenvalue weighted by atomic mass is 9.97. The maximum Gasteiger partial charge on any atom is 0.266 e. The molecule has 0 spiro atoms. The van der Waals surface area contributed by atoms with E-state index in [0.29, 0.717) is 11.4 Å². The first kappa shape index (κ1) is 27.8. The van der Waals surface area contributed by atoms with E-state index in [2.05, 4.69) is 10.0 Å². The molecule has 3 atom stereocenters. The highest BCUT2D eigenvalue weighted by Crippen LogP contribution is 2.23. The number of amides is 2. The van der Waals surface area contributed by atoms with Crippen molar-refractivity contribution in [3.63, 3.8) is 0 Å². The molecule has 0 aliphatic rings. The summed E-state index contributed by atoms with van der Waals surface area (Å²) in [5, 5.41) is 12.2. The van der Waals surface area contributed by atoms with E-state index in [-0.39, 0.29) is 23.2 Å². The molecule has 0 heterocycles. The molecule has 34 heavy (non-hydrogen) atoms. The molecule has 0 fully saturated rings. The summed E-state index contributed by atoms with van der Waals surface area (Å²) in [6, 6.07) is 11.4. The Morgan fingerprint density at radius 2 is 1.47 bits per heavy atom. The maximum absolute atomic E-state index is 13.1. The fourth-order valence-electron chi connectivity index (χ4n) is 3.43. The number of hydroxylamine groups is 1. The summed E-state index contributed by atoms with van der Waals surface area (Å²) in [7, 11) is -4.03. The molecular formula is C24H32ClN3O5S. The zero-order chi connectivity index (χ0) is 25.5. The molecule has 2 aromatic carbocycles. The summed E-state index contributed by atoms with van der Waals surface area (Å²) in [4.78, 5) is 25.1. The lowest BCUT2D eigenvalue weighted by molar-refractivity contribution is -0.136. The largest absolute Gasteiger partial charge is 0.343 e. The molecule has 2 rings (SSSR count). The van der Waals surface area contributed by atoms with Crippen LogP contribution in [0.15, 0.2) is 53.4 Å². The topological polar surface area (TPSA) is 125 Å². The van der Waals surface area contributed by atoms with Gasteiger partial charge in [-0.3, -0.25) is 14.8 Å².